The molecule has 0 radical (unpaired) electrons. The van der Waals surface area contributed by atoms with E-state index in [4.69, 9.17) is 4.74 Å². The van der Waals surface area contributed by atoms with Crippen molar-refractivity contribution < 1.29 is 18.7 Å². The summed E-state index contributed by atoms with van der Waals surface area (Å²) >= 11 is 0. The number of aromatic nitrogens is 2. The number of amides is 2. The predicted molar refractivity (Wildman–Crippen MR) is 104 cm³/mol. The normalized spacial score (nSPS) is 13.4. The lowest BCUT2D eigenvalue weighted by Gasteiger charge is -2.20. The second-order valence-corrected chi connectivity index (χ2v) is 6.64. The Kier molecular flexibility index (Phi) is 5.24. The Hall–Kier alpha value is -3.68. The number of aromatic amines is 1. The molecule has 3 aromatic rings. The Labute approximate surface area is 166 Å². The van der Waals surface area contributed by atoms with Crippen molar-refractivity contribution in [2.75, 3.05) is 19.7 Å². The van der Waals surface area contributed by atoms with Gasteiger partial charge in [0.15, 0.2) is 6.61 Å². The van der Waals surface area contributed by atoms with E-state index in [1.807, 2.05) is 30.3 Å². The molecule has 0 spiro atoms. The van der Waals surface area contributed by atoms with Crippen molar-refractivity contribution in [2.45, 2.75) is 6.54 Å². The van der Waals surface area contributed by atoms with Gasteiger partial charge in [0.05, 0.1) is 17.5 Å². The van der Waals surface area contributed by atoms with Gasteiger partial charge in [-0.15, -0.1) is 0 Å². The van der Waals surface area contributed by atoms with E-state index in [0.29, 0.717) is 22.6 Å². The number of ether oxygens (including phenoxy) is 1. The molecular formula is C21H19FN4O3. The molecule has 0 atom stereocenters. The summed E-state index contributed by atoms with van der Waals surface area (Å²) in [7, 11) is 0. The minimum atomic E-state index is -0.386. The molecule has 0 fully saturated rings. The maximum Gasteiger partial charge on any atom is 0.260 e. The highest BCUT2D eigenvalue weighted by atomic mass is 19.1. The number of carbonyl (C=O) groups is 2. The van der Waals surface area contributed by atoms with Gasteiger partial charge in [-0.05, 0) is 18.2 Å². The van der Waals surface area contributed by atoms with E-state index in [1.165, 1.54) is 24.4 Å². The van der Waals surface area contributed by atoms with Crippen LogP contribution in [0, 0.1) is 5.82 Å². The molecule has 148 valence electrons. The lowest BCUT2D eigenvalue weighted by atomic mass is 10.1. The van der Waals surface area contributed by atoms with Gasteiger partial charge >= 0.3 is 0 Å². The standard InChI is InChI=1S/C21H19FN4O3/c22-16-6-7-18-15(10-16)12-26(19(27)13-29-18)9-8-23-21(28)17-11-24-25-20(17)14-4-2-1-3-5-14/h1-7,10-11H,8-9,12-13H2,(H,23,28)(H,24,25). The first kappa shape index (κ1) is 18.7. The summed E-state index contributed by atoms with van der Waals surface area (Å²) in [6, 6.07) is 13.6. The molecule has 29 heavy (non-hydrogen) atoms. The molecule has 2 heterocycles. The topological polar surface area (TPSA) is 87.3 Å². The van der Waals surface area contributed by atoms with E-state index in [9.17, 15) is 14.0 Å². The zero-order valence-electron chi connectivity index (χ0n) is 15.5. The summed E-state index contributed by atoms with van der Waals surface area (Å²) in [4.78, 5) is 26.4. The van der Waals surface area contributed by atoms with Crippen LogP contribution in [0.15, 0.2) is 54.7 Å². The van der Waals surface area contributed by atoms with Gasteiger partial charge in [0.1, 0.15) is 11.6 Å². The highest BCUT2D eigenvalue weighted by Gasteiger charge is 2.22. The third-order valence-electron chi connectivity index (χ3n) is 4.70. The number of benzene rings is 2. The van der Waals surface area contributed by atoms with Crippen molar-refractivity contribution in [3.8, 4) is 17.0 Å². The van der Waals surface area contributed by atoms with Crippen molar-refractivity contribution in [1.82, 2.24) is 20.4 Å². The summed E-state index contributed by atoms with van der Waals surface area (Å²) in [5, 5.41) is 9.63. The Bertz CT molecular complexity index is 1040. The number of H-pyrrole nitrogens is 1. The third kappa shape index (κ3) is 4.11. The maximum absolute atomic E-state index is 13.5. The van der Waals surface area contributed by atoms with Crippen LogP contribution in [0.2, 0.25) is 0 Å². The fourth-order valence-corrected chi connectivity index (χ4v) is 3.22. The van der Waals surface area contributed by atoms with Crippen molar-refractivity contribution in [2.24, 2.45) is 0 Å². The molecule has 2 amide bonds. The average Bonchev–Trinajstić information content (AvgIpc) is 3.17. The van der Waals surface area contributed by atoms with Gasteiger partial charge in [-0.2, -0.15) is 5.10 Å². The van der Waals surface area contributed by atoms with Crippen LogP contribution in [-0.4, -0.2) is 46.6 Å². The minimum Gasteiger partial charge on any atom is -0.483 e. The lowest BCUT2D eigenvalue weighted by Crippen LogP contribution is -2.39. The van der Waals surface area contributed by atoms with E-state index >= 15 is 0 Å². The summed E-state index contributed by atoms with van der Waals surface area (Å²) in [6.07, 6.45) is 1.47. The molecule has 0 unspecified atom stereocenters. The van der Waals surface area contributed by atoms with Gasteiger partial charge in [-0.25, -0.2) is 4.39 Å². The maximum atomic E-state index is 13.5. The fourth-order valence-electron chi connectivity index (χ4n) is 3.22. The molecule has 1 aliphatic heterocycles. The van der Waals surface area contributed by atoms with Gasteiger partial charge in [0.2, 0.25) is 0 Å². The highest BCUT2D eigenvalue weighted by Crippen LogP contribution is 2.24. The first-order valence-corrected chi connectivity index (χ1v) is 9.18. The van der Waals surface area contributed by atoms with Crippen LogP contribution in [-0.2, 0) is 11.3 Å². The Morgan fingerprint density at radius 1 is 1.24 bits per heavy atom. The molecule has 0 aliphatic carbocycles. The Morgan fingerprint density at radius 2 is 2.07 bits per heavy atom. The number of hydrogen-bond donors (Lipinski definition) is 2. The number of halogens is 1. The van der Waals surface area contributed by atoms with Crippen LogP contribution in [0.3, 0.4) is 0 Å². The summed E-state index contributed by atoms with van der Waals surface area (Å²) in [6.45, 7) is 0.631. The van der Waals surface area contributed by atoms with Crippen molar-refractivity contribution >= 4 is 11.8 Å². The monoisotopic (exact) mass is 394 g/mol. The molecule has 8 heteroatoms. The summed E-state index contributed by atoms with van der Waals surface area (Å²) < 4.78 is 19.0. The zero-order valence-corrected chi connectivity index (χ0v) is 15.5. The predicted octanol–water partition coefficient (Wildman–Crippen LogP) is 2.37. The van der Waals surface area contributed by atoms with Crippen molar-refractivity contribution in [3.63, 3.8) is 0 Å². The second-order valence-electron chi connectivity index (χ2n) is 6.64. The fraction of sp³-hybridized carbons (Fsp3) is 0.190. The van der Waals surface area contributed by atoms with Crippen LogP contribution < -0.4 is 10.1 Å². The zero-order chi connectivity index (χ0) is 20.2. The third-order valence-corrected chi connectivity index (χ3v) is 4.70. The van der Waals surface area contributed by atoms with Crippen LogP contribution in [0.1, 0.15) is 15.9 Å². The molecule has 7 nitrogen and oxygen atoms in total. The van der Waals surface area contributed by atoms with E-state index in [-0.39, 0.29) is 43.9 Å². The van der Waals surface area contributed by atoms with E-state index < -0.39 is 0 Å². The average molecular weight is 394 g/mol. The van der Waals surface area contributed by atoms with Crippen molar-refractivity contribution in [1.29, 1.82) is 0 Å². The van der Waals surface area contributed by atoms with Gasteiger partial charge in [0, 0.05) is 30.8 Å². The molecule has 1 aliphatic rings. The molecule has 0 saturated carbocycles. The minimum absolute atomic E-state index is 0.119. The number of rotatable bonds is 5. The molecule has 0 saturated heterocycles. The SMILES string of the molecule is O=C(NCCN1Cc2cc(F)ccc2OCC1=O)c1cn[nH]c1-c1ccccc1. The first-order valence-electron chi connectivity index (χ1n) is 9.18. The number of hydrogen-bond acceptors (Lipinski definition) is 4. The van der Waals surface area contributed by atoms with Crippen molar-refractivity contribution in [3.05, 3.63) is 71.7 Å². The molecular weight excluding hydrogens is 375 g/mol. The molecule has 4 rings (SSSR count). The lowest BCUT2D eigenvalue weighted by molar-refractivity contribution is -0.133. The number of nitrogens with zero attached hydrogens (tertiary/aromatic N) is 2. The largest absolute Gasteiger partial charge is 0.483 e. The van der Waals surface area contributed by atoms with Gasteiger partial charge in [-0.3, -0.25) is 14.7 Å². The first-order chi connectivity index (χ1) is 14.1. The van der Waals surface area contributed by atoms with Crippen LogP contribution in [0.25, 0.3) is 11.3 Å². The van der Waals surface area contributed by atoms with Gasteiger partial charge in [0.25, 0.3) is 11.8 Å². The smallest absolute Gasteiger partial charge is 0.260 e. The number of nitrogens with one attached hydrogen (secondary N) is 2. The van der Waals surface area contributed by atoms with Gasteiger partial charge in [-0.1, -0.05) is 30.3 Å². The molecule has 1 aromatic heterocycles. The Morgan fingerprint density at radius 3 is 2.90 bits per heavy atom. The number of fused-ring (bicyclic) bond motifs is 1. The van der Waals surface area contributed by atoms with Crippen LogP contribution in [0.5, 0.6) is 5.75 Å². The van der Waals surface area contributed by atoms with Crippen LogP contribution >= 0.6 is 0 Å². The van der Waals surface area contributed by atoms with E-state index in [0.717, 1.165) is 5.56 Å². The van der Waals surface area contributed by atoms with E-state index in [1.54, 1.807) is 4.90 Å². The Balaban J connectivity index is 1.40. The molecule has 2 N–H and O–H groups in total. The molecule has 0 bridgehead atoms. The summed E-state index contributed by atoms with van der Waals surface area (Å²) in [5.41, 5.74) is 2.51. The molecule has 2 aromatic carbocycles. The number of carbonyl (C=O) groups excluding carboxylic acids is 2. The van der Waals surface area contributed by atoms with E-state index in [2.05, 4.69) is 15.5 Å². The quantitative estimate of drug-likeness (QED) is 0.696. The second kappa shape index (κ2) is 8.14. The summed E-state index contributed by atoms with van der Waals surface area (Å²) in [5.74, 6) is -0.396. The highest BCUT2D eigenvalue weighted by molar-refractivity contribution is 5.99. The van der Waals surface area contributed by atoms with Crippen LogP contribution in [0.4, 0.5) is 4.39 Å². The van der Waals surface area contributed by atoms with Gasteiger partial charge < -0.3 is 15.0 Å².